The molecule has 2 aromatic rings. The molecule has 0 unspecified atom stereocenters. The van der Waals surface area contributed by atoms with Crippen LogP contribution in [0.15, 0.2) is 35.1 Å². The topological polar surface area (TPSA) is 53.1 Å². The summed E-state index contributed by atoms with van der Waals surface area (Å²) >= 11 is 3.42. The molecule has 0 aliphatic carbocycles. The van der Waals surface area contributed by atoms with Crippen molar-refractivity contribution < 1.29 is 4.74 Å². The highest BCUT2D eigenvalue weighted by Crippen LogP contribution is 2.28. The fraction of sp³-hybridized carbons (Fsp3) is 0.250. The standard InChI is InChI=1S/C12H14BrN3O/c1-2-16-8-11(7-15-16)17-12-5-10(13)4-3-9(12)6-14/h3-5,7-8H,2,6,14H2,1H3. The summed E-state index contributed by atoms with van der Waals surface area (Å²) in [4.78, 5) is 0. The van der Waals surface area contributed by atoms with Crippen LogP contribution in [0.2, 0.25) is 0 Å². The fourth-order valence-electron chi connectivity index (χ4n) is 1.49. The molecule has 5 heteroatoms. The third-order valence-corrected chi connectivity index (χ3v) is 2.90. The minimum atomic E-state index is 0.449. The van der Waals surface area contributed by atoms with Gasteiger partial charge in [-0.2, -0.15) is 5.10 Å². The Morgan fingerprint density at radius 2 is 2.29 bits per heavy atom. The van der Waals surface area contributed by atoms with Crippen LogP contribution in [0.5, 0.6) is 11.5 Å². The molecule has 0 radical (unpaired) electrons. The van der Waals surface area contributed by atoms with Gasteiger partial charge < -0.3 is 10.5 Å². The summed E-state index contributed by atoms with van der Waals surface area (Å²) < 4.78 is 8.55. The van der Waals surface area contributed by atoms with E-state index in [2.05, 4.69) is 21.0 Å². The van der Waals surface area contributed by atoms with Crippen LogP contribution in [-0.4, -0.2) is 9.78 Å². The van der Waals surface area contributed by atoms with Gasteiger partial charge >= 0.3 is 0 Å². The van der Waals surface area contributed by atoms with E-state index < -0.39 is 0 Å². The summed E-state index contributed by atoms with van der Waals surface area (Å²) in [6.07, 6.45) is 3.56. The third kappa shape index (κ3) is 2.87. The maximum Gasteiger partial charge on any atom is 0.165 e. The zero-order valence-electron chi connectivity index (χ0n) is 9.56. The number of hydrogen-bond donors (Lipinski definition) is 1. The predicted molar refractivity (Wildman–Crippen MR) is 70.0 cm³/mol. The molecule has 1 heterocycles. The van der Waals surface area contributed by atoms with Crippen molar-refractivity contribution in [3.8, 4) is 11.5 Å². The second-order valence-corrected chi connectivity index (χ2v) is 4.51. The van der Waals surface area contributed by atoms with E-state index in [-0.39, 0.29) is 0 Å². The van der Waals surface area contributed by atoms with Gasteiger partial charge in [-0.25, -0.2) is 0 Å². The molecule has 0 spiro atoms. The van der Waals surface area contributed by atoms with Gasteiger partial charge in [-0.15, -0.1) is 0 Å². The molecule has 0 bridgehead atoms. The first-order chi connectivity index (χ1) is 8.22. The number of hydrogen-bond acceptors (Lipinski definition) is 3. The number of benzene rings is 1. The molecule has 0 saturated heterocycles. The average Bonchev–Trinajstić information content (AvgIpc) is 2.77. The number of nitrogens with zero attached hydrogens (tertiary/aromatic N) is 2. The van der Waals surface area contributed by atoms with Crippen LogP contribution >= 0.6 is 15.9 Å². The second kappa shape index (κ2) is 5.33. The summed E-state index contributed by atoms with van der Waals surface area (Å²) in [5.74, 6) is 1.48. The van der Waals surface area contributed by atoms with Gasteiger partial charge in [0.2, 0.25) is 0 Å². The number of halogens is 1. The summed E-state index contributed by atoms with van der Waals surface area (Å²) in [5, 5.41) is 4.16. The van der Waals surface area contributed by atoms with Gasteiger partial charge in [0.05, 0.1) is 12.4 Å². The van der Waals surface area contributed by atoms with Gasteiger partial charge in [-0.1, -0.05) is 22.0 Å². The van der Waals surface area contributed by atoms with E-state index in [1.165, 1.54) is 0 Å². The summed E-state index contributed by atoms with van der Waals surface area (Å²) in [7, 11) is 0. The van der Waals surface area contributed by atoms with Crippen molar-refractivity contribution >= 4 is 15.9 Å². The molecule has 17 heavy (non-hydrogen) atoms. The molecule has 1 aromatic heterocycles. The number of aryl methyl sites for hydroxylation is 1. The molecule has 2 N–H and O–H groups in total. The minimum Gasteiger partial charge on any atom is -0.454 e. The highest BCUT2D eigenvalue weighted by molar-refractivity contribution is 9.10. The van der Waals surface area contributed by atoms with E-state index in [4.69, 9.17) is 10.5 Å². The Morgan fingerprint density at radius 1 is 1.47 bits per heavy atom. The lowest BCUT2D eigenvalue weighted by Gasteiger charge is -2.08. The molecule has 0 atom stereocenters. The highest BCUT2D eigenvalue weighted by Gasteiger charge is 2.06. The fourth-order valence-corrected chi connectivity index (χ4v) is 1.83. The molecular formula is C12H14BrN3O. The SMILES string of the molecule is CCn1cc(Oc2cc(Br)ccc2CN)cn1. The Bertz CT molecular complexity index is 510. The molecule has 0 saturated carbocycles. The quantitative estimate of drug-likeness (QED) is 0.943. The van der Waals surface area contributed by atoms with E-state index in [0.29, 0.717) is 6.54 Å². The Morgan fingerprint density at radius 3 is 2.94 bits per heavy atom. The van der Waals surface area contributed by atoms with Crippen LogP contribution in [0, 0.1) is 0 Å². The molecule has 0 fully saturated rings. The first-order valence-electron chi connectivity index (χ1n) is 5.41. The lowest BCUT2D eigenvalue weighted by atomic mass is 10.2. The van der Waals surface area contributed by atoms with Crippen molar-refractivity contribution in [3.05, 3.63) is 40.6 Å². The summed E-state index contributed by atoms with van der Waals surface area (Å²) in [6.45, 7) is 3.30. The highest BCUT2D eigenvalue weighted by atomic mass is 79.9. The van der Waals surface area contributed by atoms with Crippen molar-refractivity contribution in [2.45, 2.75) is 20.0 Å². The molecule has 2 rings (SSSR count). The van der Waals surface area contributed by atoms with Crippen LogP contribution in [0.3, 0.4) is 0 Å². The predicted octanol–water partition coefficient (Wildman–Crippen LogP) is 2.92. The van der Waals surface area contributed by atoms with Gasteiger partial charge in [0, 0.05) is 23.1 Å². The first-order valence-corrected chi connectivity index (χ1v) is 6.21. The lowest BCUT2D eigenvalue weighted by Crippen LogP contribution is -1.99. The molecule has 1 aromatic carbocycles. The molecule has 0 amide bonds. The molecular weight excluding hydrogens is 282 g/mol. The second-order valence-electron chi connectivity index (χ2n) is 3.59. The third-order valence-electron chi connectivity index (χ3n) is 2.41. The maximum atomic E-state index is 5.77. The Labute approximate surface area is 109 Å². The van der Waals surface area contributed by atoms with Crippen LogP contribution in [0.25, 0.3) is 0 Å². The average molecular weight is 296 g/mol. The Kier molecular flexibility index (Phi) is 3.81. The molecule has 0 aliphatic heterocycles. The van der Waals surface area contributed by atoms with Gasteiger partial charge in [0.1, 0.15) is 5.75 Å². The summed E-state index contributed by atoms with van der Waals surface area (Å²) in [5.41, 5.74) is 6.64. The lowest BCUT2D eigenvalue weighted by molar-refractivity contribution is 0.474. The largest absolute Gasteiger partial charge is 0.454 e. The van der Waals surface area contributed by atoms with Crippen LogP contribution in [-0.2, 0) is 13.1 Å². The first kappa shape index (κ1) is 12.1. The number of rotatable bonds is 4. The van der Waals surface area contributed by atoms with Crippen molar-refractivity contribution in [3.63, 3.8) is 0 Å². The van der Waals surface area contributed by atoms with E-state index in [9.17, 15) is 0 Å². The van der Waals surface area contributed by atoms with Gasteiger partial charge in [-0.05, 0) is 19.1 Å². The maximum absolute atomic E-state index is 5.77. The van der Waals surface area contributed by atoms with Crippen molar-refractivity contribution in [2.75, 3.05) is 0 Å². The summed E-state index contributed by atoms with van der Waals surface area (Å²) in [6, 6.07) is 5.81. The Hall–Kier alpha value is -1.33. The van der Waals surface area contributed by atoms with E-state index in [1.54, 1.807) is 6.20 Å². The van der Waals surface area contributed by atoms with Crippen LogP contribution in [0.4, 0.5) is 0 Å². The minimum absolute atomic E-state index is 0.449. The Balaban J connectivity index is 2.25. The number of nitrogens with two attached hydrogens (primary N) is 1. The van der Waals surface area contributed by atoms with E-state index in [0.717, 1.165) is 28.1 Å². The number of ether oxygens (including phenoxy) is 1. The van der Waals surface area contributed by atoms with Crippen LogP contribution in [0.1, 0.15) is 12.5 Å². The van der Waals surface area contributed by atoms with E-state index >= 15 is 0 Å². The van der Waals surface area contributed by atoms with Gasteiger partial charge in [0.25, 0.3) is 0 Å². The van der Waals surface area contributed by atoms with Gasteiger partial charge in [-0.3, -0.25) is 4.68 Å². The smallest absolute Gasteiger partial charge is 0.165 e. The zero-order chi connectivity index (χ0) is 12.3. The van der Waals surface area contributed by atoms with Crippen molar-refractivity contribution in [2.24, 2.45) is 5.73 Å². The normalized spacial score (nSPS) is 10.5. The molecule has 90 valence electrons. The number of aromatic nitrogens is 2. The van der Waals surface area contributed by atoms with Crippen molar-refractivity contribution in [1.82, 2.24) is 9.78 Å². The molecule has 4 nitrogen and oxygen atoms in total. The van der Waals surface area contributed by atoms with Gasteiger partial charge in [0.15, 0.2) is 5.75 Å². The zero-order valence-corrected chi connectivity index (χ0v) is 11.1. The monoisotopic (exact) mass is 295 g/mol. The van der Waals surface area contributed by atoms with Crippen LogP contribution < -0.4 is 10.5 Å². The van der Waals surface area contributed by atoms with Crippen molar-refractivity contribution in [1.29, 1.82) is 0 Å². The molecule has 0 aliphatic rings. The van der Waals surface area contributed by atoms with E-state index in [1.807, 2.05) is 36.0 Å².